The van der Waals surface area contributed by atoms with Crippen LogP contribution in [0.3, 0.4) is 0 Å². The second-order valence-electron chi connectivity index (χ2n) is 6.29. The third kappa shape index (κ3) is 3.24. The average molecular weight is 302 g/mol. The van der Waals surface area contributed by atoms with Crippen molar-refractivity contribution < 1.29 is 4.52 Å². The lowest BCUT2D eigenvalue weighted by Crippen LogP contribution is -2.28. The molecule has 2 aromatic rings. The molecule has 5 heteroatoms. The molecule has 0 N–H and O–H groups in total. The summed E-state index contributed by atoms with van der Waals surface area (Å²) in [5.74, 6) is 0.897. The molecule has 3 heterocycles. The Bertz CT molecular complexity index is 616. The first kappa shape index (κ1) is 15.3. The summed E-state index contributed by atoms with van der Waals surface area (Å²) < 4.78 is 7.33. The number of aromatic nitrogens is 3. The van der Waals surface area contributed by atoms with Crippen LogP contribution in [0, 0.1) is 13.8 Å². The van der Waals surface area contributed by atoms with Gasteiger partial charge in [0.25, 0.3) is 0 Å². The summed E-state index contributed by atoms with van der Waals surface area (Å²) in [6.07, 6.45) is 7.17. The molecule has 1 aliphatic rings. The van der Waals surface area contributed by atoms with Crippen molar-refractivity contribution in [2.24, 2.45) is 0 Å². The van der Waals surface area contributed by atoms with E-state index in [4.69, 9.17) is 4.52 Å². The van der Waals surface area contributed by atoms with Crippen molar-refractivity contribution in [3.8, 4) is 0 Å². The lowest BCUT2D eigenvalue weighted by atomic mass is 10.1. The number of aryl methyl sites for hydroxylation is 3. The molecule has 1 aliphatic heterocycles. The SMILES string of the molecule is CCn1cc(CN2CCCCCC2c2cc(C)on2)c(C)n1. The second-order valence-corrected chi connectivity index (χ2v) is 6.29. The number of rotatable bonds is 4. The maximum atomic E-state index is 5.31. The van der Waals surface area contributed by atoms with Crippen LogP contribution in [0.1, 0.15) is 61.4 Å². The molecule has 0 saturated carbocycles. The maximum Gasteiger partial charge on any atom is 0.133 e. The highest BCUT2D eigenvalue weighted by Gasteiger charge is 2.26. The third-order valence-electron chi connectivity index (χ3n) is 4.60. The first-order valence-corrected chi connectivity index (χ1v) is 8.37. The standard InChI is InChI=1S/C17H26N4O/c1-4-21-12-15(14(3)18-21)11-20-9-7-5-6-8-17(20)16-10-13(2)22-19-16/h10,12,17H,4-9,11H2,1-3H3. The topological polar surface area (TPSA) is 47.1 Å². The normalized spacial score (nSPS) is 20.2. The highest BCUT2D eigenvalue weighted by atomic mass is 16.5. The summed E-state index contributed by atoms with van der Waals surface area (Å²) in [5, 5.41) is 8.86. The highest BCUT2D eigenvalue weighted by Crippen LogP contribution is 2.31. The zero-order chi connectivity index (χ0) is 15.5. The van der Waals surface area contributed by atoms with Crippen LogP contribution in [-0.4, -0.2) is 26.4 Å². The van der Waals surface area contributed by atoms with Crippen LogP contribution in [0.15, 0.2) is 16.8 Å². The number of hydrogen-bond donors (Lipinski definition) is 0. The van der Waals surface area contributed by atoms with E-state index in [0.29, 0.717) is 6.04 Å². The fourth-order valence-corrected chi connectivity index (χ4v) is 3.33. The van der Waals surface area contributed by atoms with Gasteiger partial charge in [0, 0.05) is 30.9 Å². The van der Waals surface area contributed by atoms with Gasteiger partial charge in [0.15, 0.2) is 0 Å². The van der Waals surface area contributed by atoms with E-state index in [2.05, 4.69) is 41.3 Å². The van der Waals surface area contributed by atoms with Crippen LogP contribution in [0.5, 0.6) is 0 Å². The molecule has 3 rings (SSSR count). The van der Waals surface area contributed by atoms with E-state index in [1.807, 2.05) is 11.6 Å². The summed E-state index contributed by atoms with van der Waals surface area (Å²) in [5.41, 5.74) is 3.55. The largest absolute Gasteiger partial charge is 0.361 e. The predicted molar refractivity (Wildman–Crippen MR) is 85.5 cm³/mol. The summed E-state index contributed by atoms with van der Waals surface area (Å²) in [6, 6.07) is 2.45. The Morgan fingerprint density at radius 3 is 2.82 bits per heavy atom. The van der Waals surface area contributed by atoms with Crippen molar-refractivity contribution in [1.82, 2.24) is 19.8 Å². The summed E-state index contributed by atoms with van der Waals surface area (Å²) in [4.78, 5) is 2.55. The van der Waals surface area contributed by atoms with Crippen molar-refractivity contribution in [1.29, 1.82) is 0 Å². The first-order valence-electron chi connectivity index (χ1n) is 8.37. The molecular formula is C17H26N4O. The van der Waals surface area contributed by atoms with Crippen LogP contribution < -0.4 is 0 Å². The molecule has 0 amide bonds. The third-order valence-corrected chi connectivity index (χ3v) is 4.60. The van der Waals surface area contributed by atoms with Crippen LogP contribution >= 0.6 is 0 Å². The fraction of sp³-hybridized carbons (Fsp3) is 0.647. The highest BCUT2D eigenvalue weighted by molar-refractivity contribution is 5.17. The van der Waals surface area contributed by atoms with Gasteiger partial charge in [-0.05, 0) is 40.2 Å². The Hall–Kier alpha value is -1.62. The molecule has 0 aliphatic carbocycles. The molecule has 5 nitrogen and oxygen atoms in total. The molecule has 2 aromatic heterocycles. The van der Waals surface area contributed by atoms with Crippen LogP contribution in [0.4, 0.5) is 0 Å². The van der Waals surface area contributed by atoms with Crippen molar-refractivity contribution >= 4 is 0 Å². The van der Waals surface area contributed by atoms with Crippen LogP contribution in [0.2, 0.25) is 0 Å². The van der Waals surface area contributed by atoms with E-state index in [9.17, 15) is 0 Å². The second kappa shape index (κ2) is 6.65. The monoisotopic (exact) mass is 302 g/mol. The number of nitrogens with zero attached hydrogens (tertiary/aromatic N) is 4. The lowest BCUT2D eigenvalue weighted by Gasteiger charge is -2.28. The molecule has 0 bridgehead atoms. The van der Waals surface area contributed by atoms with E-state index in [-0.39, 0.29) is 0 Å². The van der Waals surface area contributed by atoms with Gasteiger partial charge >= 0.3 is 0 Å². The van der Waals surface area contributed by atoms with Gasteiger partial charge in [-0.1, -0.05) is 18.0 Å². The predicted octanol–water partition coefficient (Wildman–Crippen LogP) is 3.63. The van der Waals surface area contributed by atoms with E-state index < -0.39 is 0 Å². The molecule has 0 aromatic carbocycles. The Morgan fingerprint density at radius 1 is 1.27 bits per heavy atom. The molecular weight excluding hydrogens is 276 g/mol. The number of likely N-dealkylation sites (tertiary alicyclic amines) is 1. The summed E-state index contributed by atoms with van der Waals surface area (Å²) in [6.45, 7) is 9.19. The molecule has 1 unspecified atom stereocenters. The van der Waals surface area contributed by atoms with Gasteiger partial charge in [-0.2, -0.15) is 5.10 Å². The minimum atomic E-state index is 0.365. The van der Waals surface area contributed by atoms with Crippen molar-refractivity contribution in [2.75, 3.05) is 6.54 Å². The van der Waals surface area contributed by atoms with Gasteiger partial charge in [0.2, 0.25) is 0 Å². The Kier molecular flexibility index (Phi) is 4.62. The average Bonchev–Trinajstić information content (AvgIpc) is 3.00. The van der Waals surface area contributed by atoms with Crippen molar-refractivity contribution in [2.45, 2.75) is 65.6 Å². The smallest absolute Gasteiger partial charge is 0.133 e. The molecule has 0 radical (unpaired) electrons. The first-order chi connectivity index (χ1) is 10.7. The van der Waals surface area contributed by atoms with Gasteiger partial charge in [-0.3, -0.25) is 9.58 Å². The Balaban J connectivity index is 1.82. The van der Waals surface area contributed by atoms with Gasteiger partial charge in [-0.15, -0.1) is 0 Å². The van der Waals surface area contributed by atoms with Gasteiger partial charge in [-0.25, -0.2) is 0 Å². The molecule has 1 fully saturated rings. The quantitative estimate of drug-likeness (QED) is 0.865. The van der Waals surface area contributed by atoms with E-state index in [1.54, 1.807) is 0 Å². The summed E-state index contributed by atoms with van der Waals surface area (Å²) >= 11 is 0. The molecule has 1 saturated heterocycles. The molecule has 1 atom stereocenters. The van der Waals surface area contributed by atoms with E-state index >= 15 is 0 Å². The van der Waals surface area contributed by atoms with Gasteiger partial charge in [0.05, 0.1) is 11.7 Å². The van der Waals surface area contributed by atoms with Gasteiger partial charge in [0.1, 0.15) is 11.5 Å². The maximum absolute atomic E-state index is 5.31. The zero-order valence-corrected chi connectivity index (χ0v) is 13.9. The Morgan fingerprint density at radius 2 is 2.14 bits per heavy atom. The van der Waals surface area contributed by atoms with Crippen molar-refractivity contribution in [3.05, 3.63) is 35.0 Å². The lowest BCUT2D eigenvalue weighted by molar-refractivity contribution is 0.183. The van der Waals surface area contributed by atoms with E-state index in [1.165, 1.54) is 24.8 Å². The molecule has 120 valence electrons. The Labute approximate surface area is 132 Å². The summed E-state index contributed by atoms with van der Waals surface area (Å²) in [7, 11) is 0. The van der Waals surface area contributed by atoms with Crippen LogP contribution in [0.25, 0.3) is 0 Å². The minimum absolute atomic E-state index is 0.365. The zero-order valence-electron chi connectivity index (χ0n) is 13.9. The molecule has 22 heavy (non-hydrogen) atoms. The van der Waals surface area contributed by atoms with E-state index in [0.717, 1.165) is 43.2 Å². The minimum Gasteiger partial charge on any atom is -0.361 e. The van der Waals surface area contributed by atoms with Crippen molar-refractivity contribution in [3.63, 3.8) is 0 Å². The van der Waals surface area contributed by atoms with Crippen LogP contribution in [-0.2, 0) is 13.1 Å². The number of hydrogen-bond acceptors (Lipinski definition) is 4. The fourth-order valence-electron chi connectivity index (χ4n) is 3.33. The molecule has 0 spiro atoms. The van der Waals surface area contributed by atoms with Gasteiger partial charge < -0.3 is 4.52 Å².